The van der Waals surface area contributed by atoms with Crippen molar-refractivity contribution >= 4 is 38.9 Å². The third-order valence-corrected chi connectivity index (χ3v) is 8.24. The summed E-state index contributed by atoms with van der Waals surface area (Å²) < 4.78 is 45.9. The molecule has 2 aromatic rings. The molecule has 0 N–H and O–H groups in total. The monoisotopic (exact) mass is 518 g/mol. The van der Waals surface area contributed by atoms with Crippen molar-refractivity contribution in [2.45, 2.75) is 31.8 Å². The molecule has 1 aliphatic heterocycles. The SMILES string of the molecule is O=c1c(OC2CCC2)c(N2CCN(S(=O)(=O)CCCF)CC2)cnn1-c1cc(Cl)cc(Cl)c1. The topological polar surface area (TPSA) is 84.7 Å². The smallest absolute Gasteiger partial charge is 0.316 e. The second kappa shape index (κ2) is 10.2. The lowest BCUT2D eigenvalue weighted by atomic mass is 9.96. The summed E-state index contributed by atoms with van der Waals surface area (Å²) in [5.74, 6) is -0.0289. The molecule has 180 valence electrons. The van der Waals surface area contributed by atoms with Crippen LogP contribution in [-0.4, -0.2) is 67.2 Å². The molecule has 2 heterocycles. The number of anilines is 1. The van der Waals surface area contributed by atoms with Gasteiger partial charge in [-0.3, -0.25) is 9.18 Å². The molecule has 1 saturated carbocycles. The summed E-state index contributed by atoms with van der Waals surface area (Å²) >= 11 is 12.2. The molecule has 33 heavy (non-hydrogen) atoms. The number of nitrogens with zero attached hydrogens (tertiary/aromatic N) is 4. The Morgan fingerprint density at radius 2 is 1.76 bits per heavy atom. The summed E-state index contributed by atoms with van der Waals surface area (Å²) in [6.07, 6.45) is 4.26. The van der Waals surface area contributed by atoms with Crippen LogP contribution in [0.25, 0.3) is 5.69 Å². The first-order chi connectivity index (χ1) is 15.8. The van der Waals surface area contributed by atoms with Crippen molar-refractivity contribution in [1.29, 1.82) is 0 Å². The Balaban J connectivity index is 1.62. The summed E-state index contributed by atoms with van der Waals surface area (Å²) in [7, 11) is -3.51. The number of halogens is 3. The van der Waals surface area contributed by atoms with Gasteiger partial charge in [-0.2, -0.15) is 14.1 Å². The van der Waals surface area contributed by atoms with Gasteiger partial charge in [0, 0.05) is 36.2 Å². The van der Waals surface area contributed by atoms with Crippen molar-refractivity contribution in [3.63, 3.8) is 0 Å². The highest BCUT2D eigenvalue weighted by molar-refractivity contribution is 7.89. The van der Waals surface area contributed by atoms with Crippen molar-refractivity contribution in [3.05, 3.63) is 44.8 Å². The highest BCUT2D eigenvalue weighted by Gasteiger charge is 2.30. The molecule has 0 spiro atoms. The first kappa shape index (κ1) is 24.3. The fourth-order valence-electron chi connectivity index (χ4n) is 3.84. The molecule has 0 amide bonds. The highest BCUT2D eigenvalue weighted by Crippen LogP contribution is 2.31. The zero-order valence-electron chi connectivity index (χ0n) is 17.9. The molecule has 1 aromatic heterocycles. The van der Waals surface area contributed by atoms with E-state index >= 15 is 0 Å². The molecule has 0 unspecified atom stereocenters. The number of benzene rings is 1. The predicted molar refractivity (Wildman–Crippen MR) is 126 cm³/mol. The molecule has 12 heteroatoms. The van der Waals surface area contributed by atoms with E-state index in [0.717, 1.165) is 19.3 Å². The van der Waals surface area contributed by atoms with Gasteiger partial charge in [-0.25, -0.2) is 8.42 Å². The number of hydrogen-bond acceptors (Lipinski definition) is 6. The Morgan fingerprint density at radius 3 is 2.33 bits per heavy atom. The van der Waals surface area contributed by atoms with Crippen LogP contribution in [0.2, 0.25) is 10.0 Å². The van der Waals surface area contributed by atoms with E-state index in [0.29, 0.717) is 34.5 Å². The Morgan fingerprint density at radius 1 is 1.09 bits per heavy atom. The molecule has 0 atom stereocenters. The number of sulfonamides is 1. The van der Waals surface area contributed by atoms with Crippen LogP contribution in [0.5, 0.6) is 5.75 Å². The summed E-state index contributed by atoms with van der Waals surface area (Å²) in [5.41, 5.74) is 0.513. The second-order valence-corrected chi connectivity index (χ2v) is 11.1. The largest absolute Gasteiger partial charge is 0.483 e. The summed E-state index contributed by atoms with van der Waals surface area (Å²) in [5, 5.41) is 5.07. The predicted octanol–water partition coefficient (Wildman–Crippen LogP) is 3.28. The lowest BCUT2D eigenvalue weighted by Gasteiger charge is -2.36. The highest BCUT2D eigenvalue weighted by atomic mass is 35.5. The molecule has 1 aliphatic carbocycles. The van der Waals surface area contributed by atoms with Gasteiger partial charge in [-0.1, -0.05) is 23.2 Å². The maximum absolute atomic E-state index is 13.4. The van der Waals surface area contributed by atoms with Gasteiger partial charge in [0.1, 0.15) is 5.69 Å². The standard InChI is InChI=1S/C21H25Cl2FN4O4S/c22-15-11-16(23)13-17(12-15)28-21(29)20(32-18-3-1-4-18)19(14-25-28)26-6-8-27(9-7-26)33(30,31)10-2-5-24/h11-14,18H,1-10H2. The fraction of sp³-hybridized carbons (Fsp3) is 0.524. The van der Waals surface area contributed by atoms with E-state index in [1.807, 2.05) is 4.90 Å². The van der Waals surface area contributed by atoms with E-state index in [9.17, 15) is 17.6 Å². The first-order valence-corrected chi connectivity index (χ1v) is 13.2. The molecule has 8 nitrogen and oxygen atoms in total. The Labute approximate surface area is 201 Å². The average molecular weight is 519 g/mol. The molecule has 0 radical (unpaired) electrons. The third-order valence-electron chi connectivity index (χ3n) is 5.85. The lowest BCUT2D eigenvalue weighted by molar-refractivity contribution is 0.118. The molecule has 1 saturated heterocycles. The van der Waals surface area contributed by atoms with Gasteiger partial charge in [0.15, 0.2) is 0 Å². The van der Waals surface area contributed by atoms with E-state index in [4.69, 9.17) is 27.9 Å². The summed E-state index contributed by atoms with van der Waals surface area (Å²) in [6.45, 7) is 0.545. The zero-order valence-corrected chi connectivity index (χ0v) is 20.3. The second-order valence-electron chi connectivity index (χ2n) is 8.12. The van der Waals surface area contributed by atoms with Gasteiger partial charge >= 0.3 is 5.56 Å². The zero-order chi connectivity index (χ0) is 23.6. The number of aromatic nitrogens is 2. The van der Waals surface area contributed by atoms with Crippen LogP contribution in [0, 0.1) is 0 Å². The normalized spacial score (nSPS) is 17.7. The minimum atomic E-state index is -3.51. The van der Waals surface area contributed by atoms with Crippen LogP contribution >= 0.6 is 23.2 Å². The van der Waals surface area contributed by atoms with Crippen molar-refractivity contribution in [1.82, 2.24) is 14.1 Å². The number of rotatable bonds is 8. The number of hydrogen-bond donors (Lipinski definition) is 0. The van der Waals surface area contributed by atoms with Gasteiger partial charge in [0.25, 0.3) is 0 Å². The molecule has 2 fully saturated rings. The fourth-order valence-corrected chi connectivity index (χ4v) is 5.81. The Kier molecular flexibility index (Phi) is 7.47. The van der Waals surface area contributed by atoms with Crippen LogP contribution in [0.1, 0.15) is 25.7 Å². The van der Waals surface area contributed by atoms with Gasteiger partial charge in [0.05, 0.1) is 30.4 Å². The minimum absolute atomic E-state index is 0.0163. The maximum Gasteiger partial charge on any atom is 0.316 e. The Hall–Kier alpha value is -1.88. The number of piperazine rings is 1. The van der Waals surface area contributed by atoms with Gasteiger partial charge in [0.2, 0.25) is 15.8 Å². The van der Waals surface area contributed by atoms with E-state index < -0.39 is 22.3 Å². The molecule has 2 aliphatic rings. The summed E-state index contributed by atoms with van der Waals surface area (Å²) in [4.78, 5) is 15.3. The van der Waals surface area contributed by atoms with Gasteiger partial charge in [-0.05, 0) is 43.9 Å². The van der Waals surface area contributed by atoms with E-state index in [1.54, 1.807) is 24.4 Å². The first-order valence-electron chi connectivity index (χ1n) is 10.8. The van der Waals surface area contributed by atoms with Crippen LogP contribution in [-0.2, 0) is 10.0 Å². The van der Waals surface area contributed by atoms with Crippen LogP contribution in [0.3, 0.4) is 0 Å². The lowest BCUT2D eigenvalue weighted by Crippen LogP contribution is -2.50. The Bertz CT molecular complexity index is 1150. The van der Waals surface area contributed by atoms with Crippen LogP contribution in [0.15, 0.2) is 29.2 Å². The number of ether oxygens (including phenoxy) is 1. The molecule has 4 rings (SSSR count). The van der Waals surface area contributed by atoms with Crippen molar-refractivity contribution in [3.8, 4) is 11.4 Å². The van der Waals surface area contributed by atoms with E-state index in [2.05, 4.69) is 5.10 Å². The van der Waals surface area contributed by atoms with Gasteiger partial charge in [-0.15, -0.1) is 0 Å². The minimum Gasteiger partial charge on any atom is -0.483 e. The van der Waals surface area contributed by atoms with Crippen LogP contribution in [0.4, 0.5) is 10.1 Å². The maximum atomic E-state index is 13.4. The van der Waals surface area contributed by atoms with Crippen LogP contribution < -0.4 is 15.2 Å². The van der Waals surface area contributed by atoms with Gasteiger partial charge < -0.3 is 9.64 Å². The van der Waals surface area contributed by atoms with E-state index in [-0.39, 0.29) is 37.1 Å². The van der Waals surface area contributed by atoms with Crippen molar-refractivity contribution in [2.75, 3.05) is 43.5 Å². The quantitative estimate of drug-likeness (QED) is 0.533. The third kappa shape index (κ3) is 5.45. The molecular weight excluding hydrogens is 494 g/mol. The molecular formula is C21H25Cl2FN4O4S. The van der Waals surface area contributed by atoms with E-state index in [1.165, 1.54) is 8.99 Å². The molecule has 0 bridgehead atoms. The molecule has 1 aromatic carbocycles. The number of alkyl halides is 1. The average Bonchev–Trinajstić information content (AvgIpc) is 2.75. The van der Waals surface area contributed by atoms with Crippen molar-refractivity contribution in [2.24, 2.45) is 0 Å². The summed E-state index contributed by atoms with van der Waals surface area (Å²) in [6, 6.07) is 4.75. The van der Waals surface area contributed by atoms with Crippen molar-refractivity contribution < 1.29 is 17.5 Å².